The second-order valence-electron chi connectivity index (χ2n) is 2.67. The van der Waals surface area contributed by atoms with Crippen LogP contribution in [0.3, 0.4) is 0 Å². The van der Waals surface area contributed by atoms with Crippen LogP contribution in [0.4, 0.5) is 4.39 Å². The minimum Gasteiger partial charge on any atom is -0.481 e. The summed E-state index contributed by atoms with van der Waals surface area (Å²) in [7, 11) is 0. The molecule has 1 aromatic carbocycles. The molecule has 4 heteroatoms. The molecule has 2 nitrogen and oxygen atoms in total. The standard InChI is InChI=1S/C10H8ClFO2/c11-9-5-4-8(12)6-7(9)2-1-3-10(13)14/h1-2,4-6H,3H2,(H,13,14). The van der Waals surface area contributed by atoms with Crippen LogP contribution in [0.15, 0.2) is 24.3 Å². The first-order valence-corrected chi connectivity index (χ1v) is 4.31. The average Bonchev–Trinajstić information content (AvgIpc) is 2.10. The van der Waals surface area contributed by atoms with Crippen molar-refractivity contribution in [3.8, 4) is 0 Å². The summed E-state index contributed by atoms with van der Waals surface area (Å²) in [6.07, 6.45) is 2.80. The molecule has 1 rings (SSSR count). The normalized spacial score (nSPS) is 10.7. The van der Waals surface area contributed by atoms with E-state index in [1.165, 1.54) is 30.4 Å². The molecule has 0 heterocycles. The van der Waals surface area contributed by atoms with Crippen LogP contribution in [0, 0.1) is 5.82 Å². The largest absolute Gasteiger partial charge is 0.481 e. The van der Waals surface area contributed by atoms with Crippen LogP contribution in [-0.4, -0.2) is 11.1 Å². The van der Waals surface area contributed by atoms with Gasteiger partial charge in [0.2, 0.25) is 0 Å². The Labute approximate surface area is 85.6 Å². The first-order valence-electron chi connectivity index (χ1n) is 3.93. The van der Waals surface area contributed by atoms with Crippen LogP contribution < -0.4 is 0 Å². The van der Waals surface area contributed by atoms with E-state index in [0.29, 0.717) is 10.6 Å². The number of carboxylic acids is 1. The first kappa shape index (κ1) is 10.7. The Balaban J connectivity index is 2.80. The first-order chi connectivity index (χ1) is 6.59. The average molecular weight is 215 g/mol. The molecule has 0 saturated heterocycles. The predicted octanol–water partition coefficient (Wildman–Crippen LogP) is 2.97. The van der Waals surface area contributed by atoms with Crippen molar-refractivity contribution >= 4 is 23.6 Å². The Morgan fingerprint density at radius 1 is 1.57 bits per heavy atom. The second kappa shape index (κ2) is 4.77. The highest BCUT2D eigenvalue weighted by Crippen LogP contribution is 2.18. The number of halogens is 2. The Morgan fingerprint density at radius 2 is 2.29 bits per heavy atom. The summed E-state index contributed by atoms with van der Waals surface area (Å²) in [5, 5.41) is 8.75. The SMILES string of the molecule is O=C(O)CC=Cc1cc(F)ccc1Cl. The van der Waals surface area contributed by atoms with Crippen molar-refractivity contribution in [1.29, 1.82) is 0 Å². The summed E-state index contributed by atoms with van der Waals surface area (Å²) in [6, 6.07) is 3.93. The van der Waals surface area contributed by atoms with Crippen molar-refractivity contribution in [3.63, 3.8) is 0 Å². The van der Waals surface area contributed by atoms with Crippen LogP contribution in [0.1, 0.15) is 12.0 Å². The molecule has 0 spiro atoms. The lowest BCUT2D eigenvalue weighted by Gasteiger charge is -1.97. The zero-order valence-electron chi connectivity index (χ0n) is 7.21. The maximum atomic E-state index is 12.7. The molecule has 0 atom stereocenters. The highest BCUT2D eigenvalue weighted by atomic mass is 35.5. The minimum absolute atomic E-state index is 0.104. The minimum atomic E-state index is -0.936. The lowest BCUT2D eigenvalue weighted by molar-refractivity contribution is -0.135. The smallest absolute Gasteiger partial charge is 0.307 e. The van der Waals surface area contributed by atoms with Gasteiger partial charge >= 0.3 is 5.97 Å². The maximum absolute atomic E-state index is 12.7. The van der Waals surface area contributed by atoms with E-state index < -0.39 is 11.8 Å². The van der Waals surface area contributed by atoms with Crippen LogP contribution >= 0.6 is 11.6 Å². The maximum Gasteiger partial charge on any atom is 0.307 e. The van der Waals surface area contributed by atoms with Crippen molar-refractivity contribution in [2.75, 3.05) is 0 Å². The van der Waals surface area contributed by atoms with E-state index in [4.69, 9.17) is 16.7 Å². The van der Waals surface area contributed by atoms with Gasteiger partial charge in [0.05, 0.1) is 6.42 Å². The number of hydrogen-bond acceptors (Lipinski definition) is 1. The zero-order valence-corrected chi connectivity index (χ0v) is 7.96. The fraction of sp³-hybridized carbons (Fsp3) is 0.100. The number of carbonyl (C=O) groups is 1. The Morgan fingerprint density at radius 3 is 2.93 bits per heavy atom. The van der Waals surface area contributed by atoms with Gasteiger partial charge in [-0.3, -0.25) is 4.79 Å². The van der Waals surface area contributed by atoms with Gasteiger partial charge in [0, 0.05) is 5.02 Å². The van der Waals surface area contributed by atoms with Gasteiger partial charge in [-0.05, 0) is 23.8 Å². The second-order valence-corrected chi connectivity index (χ2v) is 3.07. The summed E-state index contributed by atoms with van der Waals surface area (Å²) in [5.74, 6) is -1.34. The van der Waals surface area contributed by atoms with Gasteiger partial charge in [0.15, 0.2) is 0 Å². The number of hydrogen-bond donors (Lipinski definition) is 1. The van der Waals surface area contributed by atoms with Crippen molar-refractivity contribution in [2.24, 2.45) is 0 Å². The van der Waals surface area contributed by atoms with Gasteiger partial charge in [-0.1, -0.05) is 23.8 Å². The summed E-state index contributed by atoms with van der Waals surface area (Å²) >= 11 is 5.75. The van der Waals surface area contributed by atoms with Gasteiger partial charge in [0.25, 0.3) is 0 Å². The monoisotopic (exact) mass is 214 g/mol. The zero-order chi connectivity index (χ0) is 10.6. The summed E-state index contributed by atoms with van der Waals surface area (Å²) in [6.45, 7) is 0. The molecule has 0 aliphatic heterocycles. The van der Waals surface area contributed by atoms with Crippen LogP contribution in [0.5, 0.6) is 0 Å². The van der Waals surface area contributed by atoms with E-state index in [9.17, 15) is 9.18 Å². The summed E-state index contributed by atoms with van der Waals surface area (Å²) in [5.41, 5.74) is 0.480. The van der Waals surface area contributed by atoms with Crippen molar-refractivity contribution < 1.29 is 14.3 Å². The van der Waals surface area contributed by atoms with Gasteiger partial charge in [-0.25, -0.2) is 4.39 Å². The molecular formula is C10H8ClFO2. The number of benzene rings is 1. The van der Waals surface area contributed by atoms with E-state index in [0.717, 1.165) is 0 Å². The molecule has 0 unspecified atom stereocenters. The molecule has 1 aromatic rings. The lowest BCUT2D eigenvalue weighted by Crippen LogP contribution is -1.89. The molecular weight excluding hydrogens is 207 g/mol. The van der Waals surface area contributed by atoms with Crippen LogP contribution in [0.2, 0.25) is 5.02 Å². The van der Waals surface area contributed by atoms with E-state index >= 15 is 0 Å². The molecule has 0 aromatic heterocycles. The quantitative estimate of drug-likeness (QED) is 0.840. The van der Waals surface area contributed by atoms with Gasteiger partial charge < -0.3 is 5.11 Å². The van der Waals surface area contributed by atoms with E-state index in [1.807, 2.05) is 0 Å². The van der Waals surface area contributed by atoms with E-state index in [2.05, 4.69) is 0 Å². The van der Waals surface area contributed by atoms with E-state index in [1.54, 1.807) is 0 Å². The third-order valence-corrected chi connectivity index (χ3v) is 1.89. The van der Waals surface area contributed by atoms with Crippen LogP contribution in [-0.2, 0) is 4.79 Å². The summed E-state index contributed by atoms with van der Waals surface area (Å²) in [4.78, 5) is 10.2. The van der Waals surface area contributed by atoms with Gasteiger partial charge in [-0.2, -0.15) is 0 Å². The van der Waals surface area contributed by atoms with Gasteiger partial charge in [0.1, 0.15) is 5.82 Å². The van der Waals surface area contributed by atoms with Crippen LogP contribution in [0.25, 0.3) is 6.08 Å². The highest BCUT2D eigenvalue weighted by molar-refractivity contribution is 6.32. The number of aliphatic carboxylic acids is 1. The molecule has 0 aliphatic rings. The lowest BCUT2D eigenvalue weighted by atomic mass is 10.2. The third-order valence-electron chi connectivity index (χ3n) is 1.55. The number of carboxylic acid groups (broad SMARTS) is 1. The molecule has 1 N–H and O–H groups in total. The third kappa shape index (κ3) is 3.18. The van der Waals surface area contributed by atoms with Crippen molar-refractivity contribution in [1.82, 2.24) is 0 Å². The fourth-order valence-electron chi connectivity index (χ4n) is 0.929. The molecule has 0 saturated carbocycles. The molecule has 0 aliphatic carbocycles. The Hall–Kier alpha value is -1.35. The highest BCUT2D eigenvalue weighted by Gasteiger charge is 1.98. The predicted molar refractivity (Wildman–Crippen MR) is 52.7 cm³/mol. The fourth-order valence-corrected chi connectivity index (χ4v) is 1.11. The van der Waals surface area contributed by atoms with Gasteiger partial charge in [-0.15, -0.1) is 0 Å². The molecule has 0 amide bonds. The summed E-state index contributed by atoms with van der Waals surface area (Å²) < 4.78 is 12.7. The molecule has 0 radical (unpaired) electrons. The molecule has 14 heavy (non-hydrogen) atoms. The number of rotatable bonds is 3. The van der Waals surface area contributed by atoms with E-state index in [-0.39, 0.29) is 6.42 Å². The molecule has 0 bridgehead atoms. The Kier molecular flexibility index (Phi) is 3.65. The molecule has 0 fully saturated rings. The van der Waals surface area contributed by atoms with Crippen molar-refractivity contribution in [2.45, 2.75) is 6.42 Å². The Bertz CT molecular complexity index is 374. The van der Waals surface area contributed by atoms with Crippen molar-refractivity contribution in [3.05, 3.63) is 40.7 Å². The molecule has 74 valence electrons. The topological polar surface area (TPSA) is 37.3 Å².